The monoisotopic (exact) mass is 308 g/mol. The number of likely N-dealkylation sites (N-methyl/N-ethyl adjacent to an activating group) is 1. The molecule has 1 aliphatic rings. The number of amides is 1. The molecule has 0 bridgehead atoms. The van der Waals surface area contributed by atoms with Crippen molar-refractivity contribution in [1.82, 2.24) is 19.8 Å². The Labute approximate surface area is 127 Å². The van der Waals surface area contributed by atoms with Crippen molar-refractivity contribution in [3.8, 4) is 0 Å². The number of rotatable bonds is 3. The highest BCUT2D eigenvalue weighted by molar-refractivity contribution is 6.29. The van der Waals surface area contributed by atoms with E-state index < -0.39 is 0 Å². The first-order valence-corrected chi connectivity index (χ1v) is 7.34. The topological polar surface area (TPSA) is 65.4 Å². The summed E-state index contributed by atoms with van der Waals surface area (Å²) in [5.74, 6) is 1.03. The van der Waals surface area contributed by atoms with Gasteiger partial charge in [-0.15, -0.1) is 0 Å². The molecule has 7 heteroatoms. The van der Waals surface area contributed by atoms with Crippen molar-refractivity contribution in [1.29, 1.82) is 0 Å². The van der Waals surface area contributed by atoms with E-state index in [0.717, 1.165) is 18.9 Å². The minimum absolute atomic E-state index is 0.0770. The molecule has 112 valence electrons. The van der Waals surface area contributed by atoms with Crippen molar-refractivity contribution in [3.05, 3.63) is 41.3 Å². The standard InChI is InChI=1S/C14H17ClN4O2/c1-2-18-7-8-19(9-10(18)13-16-5-6-17-13)14(20)11-3-4-12(15)21-11/h3-6,10H,2,7-9H2,1H3,(H,16,17)/t10-/m0/s1. The van der Waals surface area contributed by atoms with Crippen LogP contribution in [0.4, 0.5) is 0 Å². The Hall–Kier alpha value is -1.79. The molecule has 3 heterocycles. The van der Waals surface area contributed by atoms with Crippen LogP contribution in [-0.2, 0) is 0 Å². The summed E-state index contributed by atoms with van der Waals surface area (Å²) in [4.78, 5) is 24.0. The summed E-state index contributed by atoms with van der Waals surface area (Å²) < 4.78 is 5.21. The number of piperazine rings is 1. The SMILES string of the molecule is CCN1CCN(C(=O)c2ccc(Cl)o2)C[C@H]1c1ncc[nH]1. The van der Waals surface area contributed by atoms with Gasteiger partial charge in [-0.05, 0) is 30.3 Å². The lowest BCUT2D eigenvalue weighted by Crippen LogP contribution is -2.50. The third kappa shape index (κ3) is 2.82. The molecular formula is C14H17ClN4O2. The average molecular weight is 309 g/mol. The van der Waals surface area contributed by atoms with Crippen molar-refractivity contribution in [2.45, 2.75) is 13.0 Å². The maximum atomic E-state index is 12.4. The van der Waals surface area contributed by atoms with Crippen LogP contribution in [0.25, 0.3) is 0 Å². The van der Waals surface area contributed by atoms with Crippen LogP contribution >= 0.6 is 11.6 Å². The number of carbonyl (C=O) groups excluding carboxylic acids is 1. The number of nitrogens with zero attached hydrogens (tertiary/aromatic N) is 3. The highest BCUT2D eigenvalue weighted by atomic mass is 35.5. The molecule has 1 N–H and O–H groups in total. The van der Waals surface area contributed by atoms with Gasteiger partial charge >= 0.3 is 0 Å². The van der Waals surface area contributed by atoms with Crippen molar-refractivity contribution in [3.63, 3.8) is 0 Å². The van der Waals surface area contributed by atoms with Crippen LogP contribution in [0.1, 0.15) is 29.3 Å². The van der Waals surface area contributed by atoms with E-state index in [2.05, 4.69) is 21.8 Å². The van der Waals surface area contributed by atoms with E-state index in [4.69, 9.17) is 16.0 Å². The van der Waals surface area contributed by atoms with E-state index in [0.29, 0.717) is 13.1 Å². The normalized spacial score (nSPS) is 19.9. The maximum absolute atomic E-state index is 12.4. The largest absolute Gasteiger partial charge is 0.440 e. The van der Waals surface area contributed by atoms with Crippen LogP contribution in [0.3, 0.4) is 0 Å². The van der Waals surface area contributed by atoms with Gasteiger partial charge in [-0.25, -0.2) is 4.98 Å². The van der Waals surface area contributed by atoms with Crippen molar-refractivity contribution in [2.24, 2.45) is 0 Å². The van der Waals surface area contributed by atoms with Crippen LogP contribution in [0, 0.1) is 0 Å². The van der Waals surface area contributed by atoms with E-state index in [1.54, 1.807) is 29.4 Å². The molecule has 1 aliphatic heterocycles. The summed E-state index contributed by atoms with van der Waals surface area (Å²) in [7, 11) is 0. The number of carbonyl (C=O) groups is 1. The van der Waals surface area contributed by atoms with E-state index >= 15 is 0 Å². The lowest BCUT2D eigenvalue weighted by atomic mass is 10.1. The summed E-state index contributed by atoms with van der Waals surface area (Å²) in [5.41, 5.74) is 0. The molecule has 0 aliphatic carbocycles. The molecule has 2 aromatic rings. The Morgan fingerprint density at radius 1 is 1.52 bits per heavy atom. The molecular weight excluding hydrogens is 292 g/mol. The Kier molecular flexibility index (Phi) is 3.98. The summed E-state index contributed by atoms with van der Waals surface area (Å²) in [6.45, 7) is 5.09. The molecule has 0 unspecified atom stereocenters. The lowest BCUT2D eigenvalue weighted by molar-refractivity contribution is 0.0453. The molecule has 1 atom stereocenters. The van der Waals surface area contributed by atoms with Gasteiger partial charge in [0.1, 0.15) is 5.82 Å². The van der Waals surface area contributed by atoms with Gasteiger partial charge in [-0.3, -0.25) is 9.69 Å². The van der Waals surface area contributed by atoms with Gasteiger partial charge in [-0.1, -0.05) is 6.92 Å². The van der Waals surface area contributed by atoms with Crippen molar-refractivity contribution < 1.29 is 9.21 Å². The van der Waals surface area contributed by atoms with Crippen LogP contribution in [-0.4, -0.2) is 51.9 Å². The minimum atomic E-state index is -0.130. The van der Waals surface area contributed by atoms with Crippen LogP contribution in [0.2, 0.25) is 5.22 Å². The Bertz CT molecular complexity index is 610. The number of aromatic nitrogens is 2. The number of furan rings is 1. The number of nitrogens with one attached hydrogen (secondary N) is 1. The first-order chi connectivity index (χ1) is 10.2. The summed E-state index contributed by atoms with van der Waals surface area (Å²) in [5, 5.41) is 0.230. The van der Waals surface area contributed by atoms with Gasteiger partial charge in [0.05, 0.1) is 6.04 Å². The van der Waals surface area contributed by atoms with E-state index in [9.17, 15) is 4.79 Å². The first kappa shape index (κ1) is 14.2. The number of H-pyrrole nitrogens is 1. The zero-order valence-corrected chi connectivity index (χ0v) is 12.5. The quantitative estimate of drug-likeness (QED) is 0.944. The predicted molar refractivity (Wildman–Crippen MR) is 78.2 cm³/mol. The van der Waals surface area contributed by atoms with Gasteiger partial charge < -0.3 is 14.3 Å². The molecule has 1 amide bonds. The lowest BCUT2D eigenvalue weighted by Gasteiger charge is -2.39. The molecule has 2 aromatic heterocycles. The molecule has 21 heavy (non-hydrogen) atoms. The zero-order chi connectivity index (χ0) is 14.8. The van der Waals surface area contributed by atoms with Gasteiger partial charge in [-0.2, -0.15) is 0 Å². The first-order valence-electron chi connectivity index (χ1n) is 6.97. The average Bonchev–Trinajstić information content (AvgIpc) is 3.17. The van der Waals surface area contributed by atoms with Gasteiger partial charge in [0.2, 0.25) is 0 Å². The summed E-state index contributed by atoms with van der Waals surface area (Å²) in [6.07, 6.45) is 3.53. The van der Waals surface area contributed by atoms with Crippen LogP contribution in [0.15, 0.2) is 28.9 Å². The molecule has 1 saturated heterocycles. The molecule has 1 fully saturated rings. The highest BCUT2D eigenvalue weighted by Crippen LogP contribution is 2.24. The third-order valence-corrected chi connectivity index (χ3v) is 4.01. The maximum Gasteiger partial charge on any atom is 0.289 e. The molecule has 6 nitrogen and oxygen atoms in total. The van der Waals surface area contributed by atoms with Crippen molar-refractivity contribution in [2.75, 3.05) is 26.2 Å². The smallest absolute Gasteiger partial charge is 0.289 e. The highest BCUT2D eigenvalue weighted by Gasteiger charge is 2.32. The minimum Gasteiger partial charge on any atom is -0.440 e. The number of halogens is 1. The van der Waals surface area contributed by atoms with Gasteiger partial charge in [0.15, 0.2) is 11.0 Å². The third-order valence-electron chi connectivity index (χ3n) is 3.80. The molecule has 3 rings (SSSR count). The molecule has 0 saturated carbocycles. The Morgan fingerprint density at radius 2 is 2.38 bits per heavy atom. The summed E-state index contributed by atoms with van der Waals surface area (Å²) >= 11 is 5.74. The second-order valence-corrected chi connectivity index (χ2v) is 5.35. The molecule has 0 aromatic carbocycles. The van der Waals surface area contributed by atoms with E-state index in [1.807, 2.05) is 0 Å². The molecule has 0 spiro atoms. The predicted octanol–water partition coefficient (Wildman–Crippen LogP) is 2.18. The second kappa shape index (κ2) is 5.91. The van der Waals surface area contributed by atoms with Crippen molar-refractivity contribution >= 4 is 17.5 Å². The fourth-order valence-electron chi connectivity index (χ4n) is 2.69. The number of imidazole rings is 1. The van der Waals surface area contributed by atoms with Gasteiger partial charge in [0.25, 0.3) is 5.91 Å². The van der Waals surface area contributed by atoms with Crippen LogP contribution < -0.4 is 0 Å². The number of hydrogen-bond donors (Lipinski definition) is 1. The Morgan fingerprint density at radius 3 is 3.00 bits per heavy atom. The zero-order valence-electron chi connectivity index (χ0n) is 11.8. The van der Waals surface area contributed by atoms with E-state index in [-0.39, 0.29) is 22.9 Å². The number of hydrogen-bond acceptors (Lipinski definition) is 4. The van der Waals surface area contributed by atoms with Gasteiger partial charge in [0, 0.05) is 32.0 Å². The fourth-order valence-corrected chi connectivity index (χ4v) is 2.83. The van der Waals surface area contributed by atoms with E-state index in [1.165, 1.54) is 0 Å². The fraction of sp³-hybridized carbons (Fsp3) is 0.429. The molecule has 0 radical (unpaired) electrons. The second-order valence-electron chi connectivity index (χ2n) is 4.97. The summed E-state index contributed by atoms with van der Waals surface area (Å²) in [6, 6.07) is 3.27. The Balaban J connectivity index is 1.78. The van der Waals surface area contributed by atoms with Crippen LogP contribution in [0.5, 0.6) is 0 Å². The number of aromatic amines is 1.